The Labute approximate surface area is 198 Å². The largest absolute Gasteiger partial charge is 0.390 e. The lowest BCUT2D eigenvalue weighted by molar-refractivity contribution is 0.0186. The third-order valence-corrected chi connectivity index (χ3v) is 7.32. The molecule has 0 unspecified atom stereocenters. The van der Waals surface area contributed by atoms with Gasteiger partial charge in [-0.05, 0) is 64.0 Å². The molecule has 0 aliphatic heterocycles. The minimum atomic E-state index is -0.787. The summed E-state index contributed by atoms with van der Waals surface area (Å²) < 4.78 is 29.9. The monoisotopic (exact) mass is 470 g/mol. The molecule has 0 spiro atoms. The van der Waals surface area contributed by atoms with E-state index in [9.17, 15) is 13.9 Å². The molecule has 2 aromatic heterocycles. The van der Waals surface area contributed by atoms with Gasteiger partial charge in [-0.3, -0.25) is 4.57 Å². The van der Waals surface area contributed by atoms with Crippen molar-refractivity contribution in [2.45, 2.75) is 82.9 Å². The van der Waals surface area contributed by atoms with Crippen molar-refractivity contribution in [3.8, 4) is 0 Å². The van der Waals surface area contributed by atoms with E-state index in [1.165, 1.54) is 31.4 Å². The Kier molecular flexibility index (Phi) is 6.14. The van der Waals surface area contributed by atoms with Crippen LogP contribution >= 0.6 is 0 Å². The molecular formula is C25H32F2N6O. The smallest absolute Gasteiger partial charge is 0.224 e. The van der Waals surface area contributed by atoms with Crippen LogP contribution in [-0.2, 0) is 0 Å². The molecule has 2 saturated carbocycles. The molecule has 0 saturated heterocycles. The van der Waals surface area contributed by atoms with Gasteiger partial charge in [0.1, 0.15) is 17.2 Å². The first-order valence-corrected chi connectivity index (χ1v) is 12.2. The van der Waals surface area contributed by atoms with Gasteiger partial charge in [0.05, 0.1) is 17.5 Å². The predicted molar refractivity (Wildman–Crippen MR) is 128 cm³/mol. The molecule has 7 nitrogen and oxygen atoms in total. The van der Waals surface area contributed by atoms with Gasteiger partial charge >= 0.3 is 0 Å². The Balaban J connectivity index is 1.52. The minimum Gasteiger partial charge on any atom is -0.390 e. The third-order valence-electron chi connectivity index (χ3n) is 7.32. The predicted octanol–water partition coefficient (Wildman–Crippen LogP) is 5.70. The van der Waals surface area contributed by atoms with Crippen molar-refractivity contribution >= 4 is 28.7 Å². The number of aromatic nitrogens is 4. The second-order valence-electron chi connectivity index (χ2n) is 10.3. The molecule has 182 valence electrons. The van der Waals surface area contributed by atoms with Crippen molar-refractivity contribution < 1.29 is 13.9 Å². The Hall–Kier alpha value is -2.81. The number of aliphatic hydroxyl groups is 1. The fourth-order valence-corrected chi connectivity index (χ4v) is 5.37. The molecule has 2 aliphatic carbocycles. The summed E-state index contributed by atoms with van der Waals surface area (Å²) in [6.07, 6.45) is 10.0. The van der Waals surface area contributed by atoms with Crippen molar-refractivity contribution in [2.75, 3.05) is 10.6 Å². The lowest BCUT2D eigenvalue weighted by Gasteiger charge is -2.26. The Morgan fingerprint density at radius 3 is 2.56 bits per heavy atom. The van der Waals surface area contributed by atoms with E-state index in [-0.39, 0.29) is 17.6 Å². The maximum absolute atomic E-state index is 14.4. The van der Waals surface area contributed by atoms with Gasteiger partial charge in [0, 0.05) is 18.2 Å². The van der Waals surface area contributed by atoms with Crippen LogP contribution in [-0.4, -0.2) is 36.3 Å². The molecule has 2 heterocycles. The van der Waals surface area contributed by atoms with Crippen LogP contribution in [0.5, 0.6) is 0 Å². The number of hydrogen-bond acceptors (Lipinski definition) is 6. The van der Waals surface area contributed by atoms with Gasteiger partial charge in [0.2, 0.25) is 11.9 Å². The van der Waals surface area contributed by atoms with Crippen LogP contribution in [0.2, 0.25) is 0 Å². The van der Waals surface area contributed by atoms with Crippen molar-refractivity contribution in [1.29, 1.82) is 0 Å². The highest BCUT2D eigenvalue weighted by atomic mass is 19.1. The summed E-state index contributed by atoms with van der Waals surface area (Å²) in [6.45, 7) is 3.68. The summed E-state index contributed by atoms with van der Waals surface area (Å²) in [6, 6.07) is 3.82. The zero-order chi connectivity index (χ0) is 23.9. The van der Waals surface area contributed by atoms with Crippen LogP contribution in [0.1, 0.15) is 71.3 Å². The normalized spacial score (nSPS) is 21.8. The number of hydrogen-bond donors (Lipinski definition) is 3. The number of nitrogens with one attached hydrogen (secondary N) is 2. The Morgan fingerprint density at radius 1 is 1.06 bits per heavy atom. The SMILES string of the molecule is CC(C)(O)[C@H]1CC[C@@H](n2c(Nc3ccc(F)cc3F)nc3cnc(NC4CCCCC4)nc32)C1. The highest BCUT2D eigenvalue weighted by Gasteiger charge is 2.37. The first-order chi connectivity index (χ1) is 16.3. The first-order valence-electron chi connectivity index (χ1n) is 12.2. The fourth-order valence-electron chi connectivity index (χ4n) is 5.37. The van der Waals surface area contributed by atoms with Gasteiger partial charge in [-0.1, -0.05) is 19.3 Å². The summed E-state index contributed by atoms with van der Waals surface area (Å²) in [5.41, 5.74) is 0.624. The van der Waals surface area contributed by atoms with Crippen LogP contribution in [0.15, 0.2) is 24.4 Å². The Bertz CT molecular complexity index is 1170. The van der Waals surface area contributed by atoms with Crippen molar-refractivity contribution in [3.05, 3.63) is 36.0 Å². The number of benzene rings is 1. The number of rotatable bonds is 6. The van der Waals surface area contributed by atoms with Gasteiger partial charge < -0.3 is 15.7 Å². The van der Waals surface area contributed by atoms with Crippen LogP contribution in [0.25, 0.3) is 11.2 Å². The van der Waals surface area contributed by atoms with Gasteiger partial charge in [-0.15, -0.1) is 0 Å². The van der Waals surface area contributed by atoms with Crippen molar-refractivity contribution in [2.24, 2.45) is 5.92 Å². The van der Waals surface area contributed by atoms with Crippen molar-refractivity contribution in [3.63, 3.8) is 0 Å². The van der Waals surface area contributed by atoms with Gasteiger partial charge in [0.25, 0.3) is 0 Å². The lowest BCUT2D eigenvalue weighted by atomic mass is 9.89. The maximum Gasteiger partial charge on any atom is 0.224 e. The van der Waals surface area contributed by atoms with Crippen LogP contribution in [0.3, 0.4) is 0 Å². The van der Waals surface area contributed by atoms with Crippen LogP contribution in [0.4, 0.5) is 26.4 Å². The van der Waals surface area contributed by atoms with E-state index >= 15 is 0 Å². The molecule has 1 aromatic carbocycles. The molecule has 3 N–H and O–H groups in total. The van der Waals surface area contributed by atoms with E-state index in [1.54, 1.807) is 6.20 Å². The molecule has 0 radical (unpaired) electrons. The topological polar surface area (TPSA) is 87.9 Å². The van der Waals surface area contributed by atoms with E-state index in [4.69, 9.17) is 4.98 Å². The molecule has 2 fully saturated rings. The van der Waals surface area contributed by atoms with E-state index in [1.807, 2.05) is 18.4 Å². The van der Waals surface area contributed by atoms with E-state index in [0.717, 1.165) is 38.2 Å². The molecule has 2 atom stereocenters. The second kappa shape index (κ2) is 9.09. The average molecular weight is 471 g/mol. The minimum absolute atomic E-state index is 0.0323. The number of imidazole rings is 1. The Morgan fingerprint density at radius 2 is 1.85 bits per heavy atom. The van der Waals surface area contributed by atoms with E-state index in [0.29, 0.717) is 29.1 Å². The number of fused-ring (bicyclic) bond motifs is 1. The summed E-state index contributed by atoms with van der Waals surface area (Å²) in [5.74, 6) is -0.190. The molecule has 34 heavy (non-hydrogen) atoms. The highest BCUT2D eigenvalue weighted by molar-refractivity contribution is 5.76. The molecule has 9 heteroatoms. The number of halogens is 2. The zero-order valence-corrected chi connectivity index (χ0v) is 19.7. The molecule has 0 amide bonds. The van der Waals surface area contributed by atoms with Gasteiger partial charge in [-0.25, -0.2) is 18.7 Å². The van der Waals surface area contributed by atoms with Gasteiger partial charge in [-0.2, -0.15) is 4.98 Å². The first kappa shape index (κ1) is 23.0. The molecule has 0 bridgehead atoms. The molecule has 5 rings (SSSR count). The average Bonchev–Trinajstić information content (AvgIpc) is 3.41. The van der Waals surface area contributed by atoms with E-state index in [2.05, 4.69) is 20.6 Å². The number of anilines is 3. The summed E-state index contributed by atoms with van der Waals surface area (Å²) in [5, 5.41) is 17.1. The lowest BCUT2D eigenvalue weighted by Crippen LogP contribution is -2.29. The summed E-state index contributed by atoms with van der Waals surface area (Å²) >= 11 is 0. The third kappa shape index (κ3) is 4.71. The van der Waals surface area contributed by atoms with Crippen LogP contribution in [0, 0.1) is 17.6 Å². The quantitative estimate of drug-likeness (QED) is 0.428. The second-order valence-corrected chi connectivity index (χ2v) is 10.3. The zero-order valence-electron chi connectivity index (χ0n) is 19.7. The fraction of sp³-hybridized carbons (Fsp3) is 0.560. The number of nitrogens with zero attached hydrogens (tertiary/aromatic N) is 4. The van der Waals surface area contributed by atoms with Crippen molar-refractivity contribution in [1.82, 2.24) is 19.5 Å². The highest BCUT2D eigenvalue weighted by Crippen LogP contribution is 2.43. The van der Waals surface area contributed by atoms with E-state index < -0.39 is 17.2 Å². The molecule has 3 aromatic rings. The standard InChI is InChI=1S/C25H32F2N6O/c1-25(2,34)15-8-10-18(12-15)33-22-21(14-28-23(32-22)29-17-6-4-3-5-7-17)31-24(33)30-20-11-9-16(26)13-19(20)27/h9,11,13-15,17-18,34H,3-8,10,12H2,1-2H3,(H,30,31)(H,28,29,32)/t15-,18+/m0/s1. The molecule has 2 aliphatic rings. The summed E-state index contributed by atoms with van der Waals surface area (Å²) in [7, 11) is 0. The van der Waals surface area contributed by atoms with Gasteiger partial charge in [0.15, 0.2) is 5.65 Å². The summed E-state index contributed by atoms with van der Waals surface area (Å²) in [4.78, 5) is 14.0. The van der Waals surface area contributed by atoms with Crippen LogP contribution < -0.4 is 10.6 Å². The molecular weight excluding hydrogens is 438 g/mol. The maximum atomic E-state index is 14.4.